The van der Waals surface area contributed by atoms with Gasteiger partial charge in [0.1, 0.15) is 22.1 Å². The van der Waals surface area contributed by atoms with Gasteiger partial charge in [-0.05, 0) is 59.9 Å². The predicted octanol–water partition coefficient (Wildman–Crippen LogP) is 3.78. The molecule has 0 bridgehead atoms. The smallest absolute Gasteiger partial charge is 0.147 e. The number of fused-ring (bicyclic) bond motifs is 1. The summed E-state index contributed by atoms with van der Waals surface area (Å²) in [5.41, 5.74) is 3.88. The van der Waals surface area contributed by atoms with Crippen LogP contribution in [0.4, 0.5) is 5.69 Å². The van der Waals surface area contributed by atoms with E-state index in [-0.39, 0.29) is 0 Å². The van der Waals surface area contributed by atoms with Crippen molar-refractivity contribution in [2.45, 2.75) is 6.92 Å². The number of methoxy groups -OCH3 is 1. The molecule has 0 saturated heterocycles. The predicted molar refractivity (Wildman–Crippen MR) is 107 cm³/mol. The molecule has 5 heteroatoms. The van der Waals surface area contributed by atoms with Gasteiger partial charge < -0.3 is 10.1 Å². The van der Waals surface area contributed by atoms with Crippen molar-refractivity contribution in [3.63, 3.8) is 0 Å². The molecule has 0 radical (unpaired) electrons. The lowest BCUT2D eigenvalue weighted by molar-refractivity contribution is 0.415. The van der Waals surface area contributed by atoms with Crippen molar-refractivity contribution in [2.75, 3.05) is 12.4 Å². The van der Waals surface area contributed by atoms with Crippen molar-refractivity contribution in [2.24, 2.45) is 4.99 Å². The van der Waals surface area contributed by atoms with Gasteiger partial charge in [-0.2, -0.15) is 0 Å². The monoisotopic (exact) mass is 361 g/mol. The van der Waals surface area contributed by atoms with E-state index in [9.17, 15) is 0 Å². The van der Waals surface area contributed by atoms with Crippen LogP contribution in [0, 0.1) is 6.92 Å². The second-order valence-corrected chi connectivity index (χ2v) is 7.01. The minimum atomic E-state index is 0.748. The van der Waals surface area contributed by atoms with Gasteiger partial charge in [-0.15, -0.1) is 11.3 Å². The number of nitrogens with zero attached hydrogens (tertiary/aromatic N) is 2. The lowest BCUT2D eigenvalue weighted by Crippen LogP contribution is -2.28. The minimum absolute atomic E-state index is 0.748. The van der Waals surface area contributed by atoms with E-state index >= 15 is 0 Å². The Labute approximate surface area is 156 Å². The second kappa shape index (κ2) is 6.69. The van der Waals surface area contributed by atoms with Crippen molar-refractivity contribution < 1.29 is 4.74 Å². The maximum atomic E-state index is 5.34. The highest BCUT2D eigenvalue weighted by Gasteiger charge is 2.09. The molecule has 130 valence electrons. The second-order valence-electron chi connectivity index (χ2n) is 6.08. The molecule has 4 nitrogen and oxygen atoms in total. The van der Waals surface area contributed by atoms with Crippen LogP contribution in [0.1, 0.15) is 5.56 Å². The molecule has 4 rings (SSSR count). The number of ether oxygens (including phenoxy) is 1. The van der Waals surface area contributed by atoms with Crippen LogP contribution in [0.3, 0.4) is 0 Å². The van der Waals surface area contributed by atoms with Gasteiger partial charge in [-0.25, -0.2) is 4.99 Å². The van der Waals surface area contributed by atoms with E-state index in [1.165, 1.54) is 0 Å². The highest BCUT2D eigenvalue weighted by atomic mass is 32.1. The van der Waals surface area contributed by atoms with E-state index in [0.717, 1.165) is 44.1 Å². The Balaban J connectivity index is 1.80. The van der Waals surface area contributed by atoms with Crippen molar-refractivity contribution in [1.82, 2.24) is 4.57 Å². The summed E-state index contributed by atoms with van der Waals surface area (Å²) in [5.74, 6) is 1.55. The molecule has 0 saturated carbocycles. The topological polar surface area (TPSA) is 38.5 Å². The fourth-order valence-corrected chi connectivity index (χ4v) is 3.60. The molecular formula is C21H19N3OS. The van der Waals surface area contributed by atoms with E-state index in [1.54, 1.807) is 18.4 Å². The summed E-state index contributed by atoms with van der Waals surface area (Å²) >= 11 is 1.68. The van der Waals surface area contributed by atoms with Crippen LogP contribution in [0.25, 0.3) is 11.1 Å². The van der Waals surface area contributed by atoms with E-state index in [1.807, 2.05) is 36.5 Å². The van der Waals surface area contributed by atoms with E-state index < -0.39 is 0 Å². The van der Waals surface area contributed by atoms with Gasteiger partial charge in [0, 0.05) is 23.2 Å². The van der Waals surface area contributed by atoms with E-state index in [2.05, 4.69) is 47.0 Å². The number of hydrogen-bond donors (Lipinski definition) is 1. The zero-order chi connectivity index (χ0) is 18.1. The Kier molecular flexibility index (Phi) is 4.22. The molecule has 1 N–H and O–H groups in total. The fraction of sp³-hybridized carbons (Fsp3) is 0.0952. The number of aryl methyl sites for hydroxylation is 1. The van der Waals surface area contributed by atoms with Gasteiger partial charge in [-0.3, -0.25) is 4.57 Å². The molecule has 0 fully saturated rings. The van der Waals surface area contributed by atoms with Crippen LogP contribution in [0.2, 0.25) is 0 Å². The van der Waals surface area contributed by atoms with Crippen molar-refractivity contribution in [3.8, 4) is 10.8 Å². The highest BCUT2D eigenvalue weighted by Crippen LogP contribution is 2.24. The number of hydrogen-bond acceptors (Lipinski definition) is 4. The third kappa shape index (κ3) is 3.09. The number of aromatic nitrogens is 1. The normalized spacial score (nSPS) is 13.2. The van der Waals surface area contributed by atoms with Crippen molar-refractivity contribution in [1.29, 1.82) is 0 Å². The Morgan fingerprint density at radius 1 is 1.19 bits per heavy atom. The lowest BCUT2D eigenvalue weighted by atomic mass is 10.2. The van der Waals surface area contributed by atoms with Gasteiger partial charge >= 0.3 is 0 Å². The Bertz CT molecular complexity index is 1120. The maximum absolute atomic E-state index is 5.34. The summed E-state index contributed by atoms with van der Waals surface area (Å²) in [5, 5.41) is 7.67. The molecule has 3 aromatic rings. The summed E-state index contributed by atoms with van der Waals surface area (Å²) in [6.45, 7) is 6.19. The summed E-state index contributed by atoms with van der Waals surface area (Å²) in [7, 11) is 1.67. The zero-order valence-electron chi connectivity index (χ0n) is 14.7. The first-order valence-electron chi connectivity index (χ1n) is 8.28. The third-order valence-electron chi connectivity index (χ3n) is 4.23. The van der Waals surface area contributed by atoms with Crippen molar-refractivity contribution >= 4 is 23.1 Å². The minimum Gasteiger partial charge on any atom is -0.497 e. The molecule has 0 unspecified atom stereocenters. The summed E-state index contributed by atoms with van der Waals surface area (Å²) < 4.78 is 7.44. The molecule has 1 aliphatic rings. The Hall–Kier alpha value is -3.05. The average Bonchev–Trinajstić information content (AvgIpc) is 3.24. The van der Waals surface area contributed by atoms with Crippen LogP contribution in [-0.4, -0.2) is 11.7 Å². The largest absolute Gasteiger partial charge is 0.497 e. The fourth-order valence-electron chi connectivity index (χ4n) is 2.88. The maximum Gasteiger partial charge on any atom is 0.147 e. The van der Waals surface area contributed by atoms with Gasteiger partial charge in [0.05, 0.1) is 7.11 Å². The molecular weight excluding hydrogens is 342 g/mol. The highest BCUT2D eigenvalue weighted by molar-refractivity contribution is 7.12. The molecule has 3 heterocycles. The van der Waals surface area contributed by atoms with Crippen LogP contribution >= 0.6 is 11.3 Å². The molecule has 0 amide bonds. The Morgan fingerprint density at radius 3 is 2.85 bits per heavy atom. The quantitative estimate of drug-likeness (QED) is 0.768. The number of nitrogens with one attached hydrogen (secondary N) is 1. The molecule has 2 aromatic heterocycles. The van der Waals surface area contributed by atoms with Crippen molar-refractivity contribution in [3.05, 3.63) is 88.3 Å². The number of rotatable bonds is 4. The zero-order valence-corrected chi connectivity index (χ0v) is 15.5. The molecule has 0 atom stereocenters. The first-order valence-corrected chi connectivity index (χ1v) is 9.16. The molecule has 1 aliphatic heterocycles. The van der Waals surface area contributed by atoms with Gasteiger partial charge in [0.15, 0.2) is 0 Å². The molecule has 0 spiro atoms. The standard InChI is InChI=1S/C21H19N3OS/c1-14-11-16-8-9-24(20-5-4-10-26-20)21(16)23-19(12-14)22-18-13-17(25-3)7-6-15(18)2/h4-13,22H,1H2,2-3H3. The van der Waals surface area contributed by atoms with E-state index in [4.69, 9.17) is 9.73 Å². The summed E-state index contributed by atoms with van der Waals surface area (Å²) in [6.07, 6.45) is 6.05. The van der Waals surface area contributed by atoms with E-state index in [0.29, 0.717) is 0 Å². The third-order valence-corrected chi connectivity index (χ3v) is 5.10. The first-order chi connectivity index (χ1) is 12.6. The Morgan fingerprint density at radius 2 is 2.08 bits per heavy atom. The number of benzene rings is 1. The van der Waals surface area contributed by atoms with Crippen LogP contribution in [0.15, 0.2) is 77.0 Å². The molecule has 26 heavy (non-hydrogen) atoms. The number of anilines is 1. The van der Waals surface area contributed by atoms with Crippen LogP contribution in [0.5, 0.6) is 5.75 Å². The molecule has 0 aliphatic carbocycles. The van der Waals surface area contributed by atoms with Gasteiger partial charge in [-0.1, -0.05) is 12.6 Å². The van der Waals surface area contributed by atoms with Gasteiger partial charge in [0.25, 0.3) is 0 Å². The lowest BCUT2D eigenvalue weighted by Gasteiger charge is -2.11. The summed E-state index contributed by atoms with van der Waals surface area (Å²) in [4.78, 5) is 4.88. The van der Waals surface area contributed by atoms with Gasteiger partial charge in [0.2, 0.25) is 0 Å². The number of allylic oxidation sites excluding steroid dienone is 2. The summed E-state index contributed by atoms with van der Waals surface area (Å²) in [6, 6.07) is 12.1. The van der Waals surface area contributed by atoms with Crippen LogP contribution < -0.4 is 20.8 Å². The number of thiophene rings is 1. The van der Waals surface area contributed by atoms with Crippen LogP contribution in [-0.2, 0) is 0 Å². The first kappa shape index (κ1) is 16.4. The SMILES string of the molecule is C=C1C=C(Nc2cc(OC)ccc2C)N=c2c(ccn2-c2cccs2)=C1. The molecule has 1 aromatic carbocycles. The average molecular weight is 361 g/mol.